The smallest absolute Gasteiger partial charge is 0.243 e. The lowest BCUT2D eigenvalue weighted by Gasteiger charge is -2.32. The molecule has 5 rings (SSSR count). The summed E-state index contributed by atoms with van der Waals surface area (Å²) in [5.74, 6) is 0.463. The highest BCUT2D eigenvalue weighted by molar-refractivity contribution is 7.89. The molecule has 0 saturated carbocycles. The molecule has 2 aromatic carbocycles. The van der Waals surface area contributed by atoms with Crippen LogP contribution in [0.25, 0.3) is 10.2 Å². The highest BCUT2D eigenvalue weighted by Gasteiger charge is 2.27. The number of likely N-dealkylation sites (tertiary alicyclic amines) is 1. The molecule has 0 spiro atoms. The van der Waals surface area contributed by atoms with Gasteiger partial charge in [0, 0.05) is 38.5 Å². The van der Waals surface area contributed by atoms with Crippen molar-refractivity contribution >= 4 is 37.5 Å². The molecule has 1 amide bonds. The molecular formula is C26H31N3O3S2. The van der Waals surface area contributed by atoms with Crippen LogP contribution < -0.4 is 0 Å². The first-order valence-corrected chi connectivity index (χ1v) is 14.5. The van der Waals surface area contributed by atoms with E-state index in [1.54, 1.807) is 27.8 Å². The Balaban J connectivity index is 1.17. The standard InChI is InChI=1S/C26H31N3O3S2/c30-25(28-16-6-7-21(19-28)26-27-23-8-2-3-9-24(23)33-26)15-12-20-10-13-22(14-11-20)34(31,32)29-17-4-1-5-18-29/h2-3,8-11,13-14,21H,1,4-7,12,15-19H2/t21-/m1/s1. The second-order valence-corrected chi connectivity index (χ2v) is 12.3. The Morgan fingerprint density at radius 1 is 0.971 bits per heavy atom. The summed E-state index contributed by atoms with van der Waals surface area (Å²) < 4.78 is 28.5. The Morgan fingerprint density at radius 2 is 1.74 bits per heavy atom. The molecule has 8 heteroatoms. The Kier molecular flexibility index (Phi) is 6.99. The zero-order valence-corrected chi connectivity index (χ0v) is 21.0. The van der Waals surface area contributed by atoms with E-state index in [-0.39, 0.29) is 5.91 Å². The lowest BCUT2D eigenvalue weighted by molar-refractivity contribution is -0.132. The first-order valence-electron chi connectivity index (χ1n) is 12.2. The zero-order chi connectivity index (χ0) is 23.5. The minimum absolute atomic E-state index is 0.163. The molecule has 3 heterocycles. The second kappa shape index (κ2) is 10.1. The average molecular weight is 498 g/mol. The SMILES string of the molecule is O=C(CCc1ccc(S(=O)(=O)N2CCCCC2)cc1)N1CCC[C@@H](c2nc3ccccc3s2)C1. The molecule has 180 valence electrons. The van der Waals surface area contributed by atoms with Crippen molar-refractivity contribution in [3.63, 3.8) is 0 Å². The third-order valence-corrected chi connectivity index (χ3v) is 10.0. The molecule has 34 heavy (non-hydrogen) atoms. The molecule has 2 aliphatic rings. The van der Waals surface area contributed by atoms with Gasteiger partial charge in [0.15, 0.2) is 0 Å². The van der Waals surface area contributed by atoms with E-state index in [1.807, 2.05) is 35.2 Å². The number of fused-ring (bicyclic) bond motifs is 1. The van der Waals surface area contributed by atoms with Crippen LogP contribution >= 0.6 is 11.3 Å². The number of thiazole rings is 1. The fraction of sp³-hybridized carbons (Fsp3) is 0.462. The Labute approximate surface area is 205 Å². The van der Waals surface area contributed by atoms with E-state index >= 15 is 0 Å². The Morgan fingerprint density at radius 3 is 2.50 bits per heavy atom. The van der Waals surface area contributed by atoms with E-state index in [2.05, 4.69) is 6.07 Å². The zero-order valence-electron chi connectivity index (χ0n) is 19.4. The number of piperidine rings is 2. The number of carbonyl (C=O) groups is 1. The number of aryl methyl sites for hydroxylation is 1. The lowest BCUT2D eigenvalue weighted by Crippen LogP contribution is -2.39. The lowest BCUT2D eigenvalue weighted by atomic mass is 9.98. The van der Waals surface area contributed by atoms with Crippen LogP contribution in [0.1, 0.15) is 55.0 Å². The van der Waals surface area contributed by atoms with Crippen LogP contribution in [0.5, 0.6) is 0 Å². The van der Waals surface area contributed by atoms with Gasteiger partial charge in [-0.1, -0.05) is 30.7 Å². The summed E-state index contributed by atoms with van der Waals surface area (Å²) in [6, 6.07) is 15.3. The molecule has 6 nitrogen and oxygen atoms in total. The summed E-state index contributed by atoms with van der Waals surface area (Å²) in [5.41, 5.74) is 2.03. The van der Waals surface area contributed by atoms with Crippen LogP contribution in [0.15, 0.2) is 53.4 Å². The van der Waals surface area contributed by atoms with Gasteiger partial charge in [-0.05, 0) is 61.9 Å². The Bertz CT molecular complexity index is 1210. The molecule has 0 unspecified atom stereocenters. The summed E-state index contributed by atoms with van der Waals surface area (Å²) in [5, 5.41) is 1.13. The van der Waals surface area contributed by atoms with Crippen molar-refractivity contribution in [2.45, 2.75) is 55.8 Å². The van der Waals surface area contributed by atoms with Crippen LogP contribution in [0, 0.1) is 0 Å². The van der Waals surface area contributed by atoms with Crippen molar-refractivity contribution in [3.05, 3.63) is 59.1 Å². The quantitative estimate of drug-likeness (QED) is 0.490. The molecular weight excluding hydrogens is 466 g/mol. The van der Waals surface area contributed by atoms with Crippen molar-refractivity contribution in [2.75, 3.05) is 26.2 Å². The van der Waals surface area contributed by atoms with E-state index in [0.29, 0.717) is 36.7 Å². The summed E-state index contributed by atoms with van der Waals surface area (Å²) in [6.07, 6.45) is 6.06. The first-order chi connectivity index (χ1) is 16.5. The number of hydrogen-bond donors (Lipinski definition) is 0. The molecule has 1 aromatic heterocycles. The third-order valence-electron chi connectivity index (χ3n) is 6.94. The van der Waals surface area contributed by atoms with Crippen LogP contribution in [0.4, 0.5) is 0 Å². The number of amides is 1. The summed E-state index contributed by atoms with van der Waals surface area (Å²) in [4.78, 5) is 20.1. The predicted molar refractivity (Wildman–Crippen MR) is 136 cm³/mol. The van der Waals surface area contributed by atoms with Crippen molar-refractivity contribution < 1.29 is 13.2 Å². The predicted octanol–water partition coefficient (Wildman–Crippen LogP) is 4.81. The summed E-state index contributed by atoms with van der Waals surface area (Å²) in [6.45, 7) is 2.73. The third kappa shape index (κ3) is 5.04. The van der Waals surface area contributed by atoms with Gasteiger partial charge in [-0.3, -0.25) is 4.79 Å². The van der Waals surface area contributed by atoms with Crippen molar-refractivity contribution in [1.29, 1.82) is 0 Å². The summed E-state index contributed by atoms with van der Waals surface area (Å²) in [7, 11) is -3.42. The van der Waals surface area contributed by atoms with Gasteiger partial charge in [0.2, 0.25) is 15.9 Å². The van der Waals surface area contributed by atoms with Gasteiger partial charge in [0.1, 0.15) is 0 Å². The topological polar surface area (TPSA) is 70.6 Å². The van der Waals surface area contributed by atoms with Crippen molar-refractivity contribution in [2.24, 2.45) is 0 Å². The minimum atomic E-state index is -3.42. The van der Waals surface area contributed by atoms with E-state index in [0.717, 1.165) is 61.3 Å². The first kappa shape index (κ1) is 23.5. The van der Waals surface area contributed by atoms with Crippen LogP contribution in [-0.4, -0.2) is 54.7 Å². The van der Waals surface area contributed by atoms with E-state index in [1.165, 1.54) is 4.70 Å². The average Bonchev–Trinajstić information content (AvgIpc) is 3.33. The molecule has 0 aliphatic carbocycles. The normalized spacial score (nSPS) is 20.0. The van der Waals surface area contributed by atoms with E-state index in [4.69, 9.17) is 4.98 Å². The number of para-hydroxylation sites is 1. The highest BCUT2D eigenvalue weighted by Crippen LogP contribution is 2.33. The van der Waals surface area contributed by atoms with Gasteiger partial charge in [0.05, 0.1) is 20.1 Å². The monoisotopic (exact) mass is 497 g/mol. The van der Waals surface area contributed by atoms with E-state index < -0.39 is 10.0 Å². The molecule has 1 atom stereocenters. The van der Waals surface area contributed by atoms with Gasteiger partial charge in [-0.25, -0.2) is 13.4 Å². The molecule has 2 saturated heterocycles. The largest absolute Gasteiger partial charge is 0.342 e. The number of carbonyl (C=O) groups excluding carboxylic acids is 1. The molecule has 2 aliphatic heterocycles. The number of sulfonamides is 1. The number of hydrogen-bond acceptors (Lipinski definition) is 5. The molecule has 0 radical (unpaired) electrons. The maximum atomic E-state index is 13.0. The van der Waals surface area contributed by atoms with Gasteiger partial charge >= 0.3 is 0 Å². The maximum Gasteiger partial charge on any atom is 0.243 e. The van der Waals surface area contributed by atoms with Gasteiger partial charge in [-0.2, -0.15) is 4.31 Å². The fourth-order valence-electron chi connectivity index (χ4n) is 4.96. The van der Waals surface area contributed by atoms with Gasteiger partial charge in [0.25, 0.3) is 0 Å². The number of benzene rings is 2. The number of rotatable bonds is 6. The molecule has 3 aromatic rings. The second-order valence-electron chi connectivity index (χ2n) is 9.31. The van der Waals surface area contributed by atoms with Gasteiger partial charge < -0.3 is 4.90 Å². The molecule has 0 bridgehead atoms. The number of nitrogens with zero attached hydrogens (tertiary/aromatic N) is 3. The van der Waals surface area contributed by atoms with Gasteiger partial charge in [-0.15, -0.1) is 11.3 Å². The summed E-state index contributed by atoms with van der Waals surface area (Å²) >= 11 is 1.74. The Hall–Kier alpha value is -2.29. The fourth-order valence-corrected chi connectivity index (χ4v) is 7.57. The molecule has 2 fully saturated rings. The van der Waals surface area contributed by atoms with Crippen LogP contribution in [-0.2, 0) is 21.2 Å². The van der Waals surface area contributed by atoms with Crippen LogP contribution in [0.2, 0.25) is 0 Å². The minimum Gasteiger partial charge on any atom is -0.342 e. The van der Waals surface area contributed by atoms with E-state index in [9.17, 15) is 13.2 Å². The van der Waals surface area contributed by atoms with Crippen molar-refractivity contribution in [1.82, 2.24) is 14.2 Å². The number of aromatic nitrogens is 1. The highest BCUT2D eigenvalue weighted by atomic mass is 32.2. The van der Waals surface area contributed by atoms with Crippen LogP contribution in [0.3, 0.4) is 0 Å². The van der Waals surface area contributed by atoms with Crippen molar-refractivity contribution in [3.8, 4) is 0 Å². The maximum absolute atomic E-state index is 13.0. The molecule has 0 N–H and O–H groups in total.